The van der Waals surface area contributed by atoms with Crippen molar-refractivity contribution >= 4 is 28.7 Å². The molecule has 0 N–H and O–H groups in total. The van der Waals surface area contributed by atoms with Crippen LogP contribution in [0.4, 0.5) is 0 Å². The second-order valence-corrected chi connectivity index (χ2v) is 15.9. The largest absolute Gasteiger partial charge is 0.406 e. The van der Waals surface area contributed by atoms with E-state index in [0.717, 1.165) is 12.8 Å². The molecule has 2 atom stereocenters. The Labute approximate surface area is 201 Å². The Morgan fingerprint density at radius 1 is 1.03 bits per heavy atom. The van der Waals surface area contributed by atoms with E-state index in [1.807, 2.05) is 31.2 Å². The van der Waals surface area contributed by atoms with Gasteiger partial charge in [0.1, 0.15) is 0 Å². The minimum absolute atomic E-state index is 0.0588. The molecule has 0 radical (unpaired) electrons. The van der Waals surface area contributed by atoms with Gasteiger partial charge in [-0.15, -0.1) is 6.58 Å². The van der Waals surface area contributed by atoms with Gasteiger partial charge >= 0.3 is 0 Å². The molecule has 6 heteroatoms. The van der Waals surface area contributed by atoms with E-state index < -0.39 is 18.3 Å². The summed E-state index contributed by atoms with van der Waals surface area (Å²) in [6, 6.07) is 20.6. The first-order valence-corrected chi connectivity index (χ1v) is 15.2. The Bertz CT molecular complexity index is 1010. The maximum atomic E-state index is 13.2. The van der Waals surface area contributed by atoms with Crippen molar-refractivity contribution in [3.05, 3.63) is 85.5 Å². The van der Waals surface area contributed by atoms with Crippen LogP contribution in [-0.2, 0) is 14.4 Å². The molecule has 0 aromatic heterocycles. The highest BCUT2D eigenvalue weighted by molar-refractivity contribution is 7.89. The summed E-state index contributed by atoms with van der Waals surface area (Å²) >= 11 is 0. The molecule has 178 valence electrons. The van der Waals surface area contributed by atoms with Gasteiger partial charge < -0.3 is 4.43 Å². The van der Waals surface area contributed by atoms with Crippen molar-refractivity contribution in [3.8, 4) is 0 Å². The fourth-order valence-corrected chi connectivity index (χ4v) is 11.4. The van der Waals surface area contributed by atoms with E-state index in [1.165, 1.54) is 16.4 Å². The van der Waals surface area contributed by atoms with Crippen LogP contribution >= 0.6 is 0 Å². The number of nitrogens with zero attached hydrogens (tertiary/aromatic N) is 1. The van der Waals surface area contributed by atoms with E-state index in [-0.39, 0.29) is 22.9 Å². The smallest absolute Gasteiger partial charge is 0.261 e. The normalized spacial score (nSPS) is 20.4. The Hall–Kier alpha value is -1.99. The zero-order valence-electron chi connectivity index (χ0n) is 20.3. The van der Waals surface area contributed by atoms with Crippen molar-refractivity contribution < 1.29 is 12.8 Å². The van der Waals surface area contributed by atoms with Crippen LogP contribution in [0.1, 0.15) is 40.5 Å². The number of hydrogen-bond donors (Lipinski definition) is 0. The lowest BCUT2D eigenvalue weighted by Crippen LogP contribution is -2.67. The van der Waals surface area contributed by atoms with Crippen molar-refractivity contribution in [1.29, 1.82) is 0 Å². The molecule has 4 nitrogen and oxygen atoms in total. The molecule has 0 unspecified atom stereocenters. The zero-order valence-corrected chi connectivity index (χ0v) is 22.1. The third-order valence-electron chi connectivity index (χ3n) is 6.46. The molecule has 1 aliphatic rings. The number of rotatable bonds is 9. The summed E-state index contributed by atoms with van der Waals surface area (Å²) in [5.41, 5.74) is 0. The third kappa shape index (κ3) is 5.24. The number of allylic oxidation sites excluding steroid dienone is 1. The van der Waals surface area contributed by atoms with E-state index >= 15 is 0 Å². The fourth-order valence-electron chi connectivity index (χ4n) is 5.10. The molecule has 0 saturated carbocycles. The molecule has 1 saturated heterocycles. The lowest BCUT2D eigenvalue weighted by atomic mass is 10.2. The number of hydrogen-bond acceptors (Lipinski definition) is 3. The molecule has 33 heavy (non-hydrogen) atoms. The predicted octanol–water partition coefficient (Wildman–Crippen LogP) is 4.49. The summed E-state index contributed by atoms with van der Waals surface area (Å²) in [5, 5.41) is 2.25. The minimum Gasteiger partial charge on any atom is -0.406 e. The molecule has 0 aliphatic carbocycles. The zero-order chi connectivity index (χ0) is 24.1. The highest BCUT2D eigenvalue weighted by atomic mass is 32.2. The molecule has 1 fully saturated rings. The maximum absolute atomic E-state index is 13.2. The first-order valence-electron chi connectivity index (χ1n) is 11.7. The third-order valence-corrected chi connectivity index (χ3v) is 13.3. The van der Waals surface area contributed by atoms with Crippen LogP contribution in [0.15, 0.2) is 85.5 Å². The van der Waals surface area contributed by atoms with Gasteiger partial charge in [-0.2, -0.15) is 4.31 Å². The molecule has 1 heterocycles. The number of sulfonamides is 1. The van der Waals surface area contributed by atoms with Gasteiger partial charge in [-0.05, 0) is 35.2 Å². The van der Waals surface area contributed by atoms with Crippen LogP contribution in [0, 0.1) is 0 Å². The van der Waals surface area contributed by atoms with Gasteiger partial charge in [0.05, 0.1) is 12.4 Å². The van der Waals surface area contributed by atoms with Crippen molar-refractivity contribution in [1.82, 2.24) is 4.31 Å². The second-order valence-electron chi connectivity index (χ2n) is 9.70. The van der Waals surface area contributed by atoms with Gasteiger partial charge in [-0.1, -0.05) is 99.7 Å². The Kier molecular flexibility index (Phi) is 8.16. The summed E-state index contributed by atoms with van der Waals surface area (Å²) in [6.45, 7) is 12.7. The van der Waals surface area contributed by atoms with Crippen molar-refractivity contribution in [2.75, 3.05) is 12.4 Å². The molecule has 2 aromatic rings. The summed E-state index contributed by atoms with van der Waals surface area (Å²) in [7, 11) is -6.19. The molecule has 0 spiro atoms. The topological polar surface area (TPSA) is 46.6 Å². The Morgan fingerprint density at radius 3 is 2.03 bits per heavy atom. The maximum Gasteiger partial charge on any atom is 0.261 e. The summed E-state index contributed by atoms with van der Waals surface area (Å²) in [5.74, 6) is -0.0588. The second kappa shape index (κ2) is 10.5. The molecule has 0 bridgehead atoms. The summed E-state index contributed by atoms with van der Waals surface area (Å²) in [4.78, 5) is 0. The molecule has 3 rings (SSSR count). The highest BCUT2D eigenvalue weighted by Gasteiger charge is 2.51. The molecule has 2 aromatic carbocycles. The summed E-state index contributed by atoms with van der Waals surface area (Å²) < 4.78 is 35.1. The predicted molar refractivity (Wildman–Crippen MR) is 141 cm³/mol. The van der Waals surface area contributed by atoms with Gasteiger partial charge in [0.25, 0.3) is 8.32 Å². The van der Waals surface area contributed by atoms with E-state index in [0.29, 0.717) is 6.61 Å². The molecule has 1 aliphatic heterocycles. The van der Waals surface area contributed by atoms with E-state index in [2.05, 4.69) is 75.9 Å². The van der Waals surface area contributed by atoms with Crippen molar-refractivity contribution in [3.63, 3.8) is 0 Å². The van der Waals surface area contributed by atoms with Crippen LogP contribution in [0.3, 0.4) is 0 Å². The fraction of sp³-hybridized carbons (Fsp3) is 0.407. The average Bonchev–Trinajstić information content (AvgIpc) is 3.18. The van der Waals surface area contributed by atoms with Gasteiger partial charge in [0.15, 0.2) is 0 Å². The Balaban J connectivity index is 2.05. The van der Waals surface area contributed by atoms with E-state index in [1.54, 1.807) is 4.31 Å². The van der Waals surface area contributed by atoms with Gasteiger partial charge in [-0.25, -0.2) is 8.42 Å². The monoisotopic (exact) mass is 483 g/mol. The number of benzene rings is 2. The van der Waals surface area contributed by atoms with Gasteiger partial charge in [0.2, 0.25) is 10.0 Å². The van der Waals surface area contributed by atoms with E-state index in [9.17, 15) is 8.42 Å². The molecular weight excluding hydrogens is 446 g/mol. The highest BCUT2D eigenvalue weighted by Crippen LogP contribution is 2.38. The Morgan fingerprint density at radius 2 is 1.58 bits per heavy atom. The lowest BCUT2D eigenvalue weighted by molar-refractivity contribution is 0.213. The first-order chi connectivity index (χ1) is 15.7. The lowest BCUT2D eigenvalue weighted by Gasteiger charge is -2.44. The van der Waals surface area contributed by atoms with Crippen molar-refractivity contribution in [2.24, 2.45) is 0 Å². The molecule has 0 amide bonds. The van der Waals surface area contributed by atoms with Gasteiger partial charge in [0, 0.05) is 12.1 Å². The summed E-state index contributed by atoms with van der Waals surface area (Å²) in [6.07, 6.45) is 6.98. The quantitative estimate of drug-likeness (QED) is 0.390. The van der Waals surface area contributed by atoms with Crippen LogP contribution in [-0.4, -0.2) is 45.5 Å². The van der Waals surface area contributed by atoms with Crippen LogP contribution in [0.5, 0.6) is 0 Å². The van der Waals surface area contributed by atoms with Crippen LogP contribution in [0.2, 0.25) is 5.04 Å². The van der Waals surface area contributed by atoms with E-state index in [4.69, 9.17) is 4.43 Å². The van der Waals surface area contributed by atoms with Crippen LogP contribution < -0.4 is 10.4 Å². The SMILES string of the molecule is C=CCS(=O)(=O)N1[C@H](CO[Si](c2ccccc2)(c2ccccc2)C(C)(C)C)CC[C@H]1/C=C\C. The minimum atomic E-state index is -3.46. The molecular formula is C27H37NO3SSi. The van der Waals surface area contributed by atoms with Crippen molar-refractivity contribution in [2.45, 2.75) is 57.7 Å². The van der Waals surface area contributed by atoms with Crippen LogP contribution in [0.25, 0.3) is 0 Å². The first kappa shape index (κ1) is 25.6. The standard InChI is InChI=1S/C27H37NO3SSi/c1-6-14-23-19-20-24(28(23)32(29,30)21-7-2)22-31-33(27(3,4)5,25-15-10-8-11-16-25)26-17-12-9-13-18-26/h6-18,23-24H,2,19-22H2,1,3-5H3/b14-6-/t23-,24+/m1/s1. The van der Waals surface area contributed by atoms with Gasteiger partial charge in [-0.3, -0.25) is 0 Å². The average molecular weight is 484 g/mol.